The molecule has 1 amide bonds. The Kier molecular flexibility index (Phi) is 8.46. The molecule has 5 rings (SSSR count). The molecule has 0 aliphatic carbocycles. The van der Waals surface area contributed by atoms with Gasteiger partial charge in [-0.15, -0.1) is 5.10 Å². The molecule has 1 N–H and O–H groups in total. The molecule has 0 radical (unpaired) electrons. The van der Waals surface area contributed by atoms with E-state index in [1.54, 1.807) is 23.1 Å². The van der Waals surface area contributed by atoms with Crippen molar-refractivity contribution in [3.8, 4) is 16.9 Å². The van der Waals surface area contributed by atoms with Crippen LogP contribution in [0.15, 0.2) is 53.5 Å². The van der Waals surface area contributed by atoms with Gasteiger partial charge < -0.3 is 19.4 Å². The number of furan rings is 1. The van der Waals surface area contributed by atoms with E-state index in [0.29, 0.717) is 17.1 Å². The van der Waals surface area contributed by atoms with Gasteiger partial charge >= 0.3 is 0 Å². The average molecular weight is 559 g/mol. The first kappa shape index (κ1) is 28.4. The number of rotatable bonds is 9. The minimum absolute atomic E-state index is 0.185. The molecule has 0 unspecified atom stereocenters. The number of hydrogen-bond acceptors (Lipinski definition) is 9. The molecular formula is C30H38N8O3. The van der Waals surface area contributed by atoms with Gasteiger partial charge in [-0.05, 0) is 38.1 Å². The molecular weight excluding hydrogens is 520 g/mol. The number of aromatic nitrogens is 5. The zero-order valence-corrected chi connectivity index (χ0v) is 24.4. The van der Waals surface area contributed by atoms with Gasteiger partial charge in [0.2, 0.25) is 0 Å². The van der Waals surface area contributed by atoms with Crippen molar-refractivity contribution in [3.63, 3.8) is 0 Å². The number of hydrogen-bond donors (Lipinski definition) is 1. The van der Waals surface area contributed by atoms with Crippen LogP contribution in [0.2, 0.25) is 0 Å². The second-order valence-electron chi connectivity index (χ2n) is 11.2. The van der Waals surface area contributed by atoms with Crippen molar-refractivity contribution < 1.29 is 13.9 Å². The number of pyridine rings is 2. The van der Waals surface area contributed by atoms with Crippen LogP contribution in [0.4, 0.5) is 11.4 Å². The quantitative estimate of drug-likeness (QED) is 0.300. The Hall–Kier alpha value is -4.09. The Morgan fingerprint density at radius 1 is 1.10 bits per heavy atom. The average Bonchev–Trinajstić information content (AvgIpc) is 3.66. The van der Waals surface area contributed by atoms with Crippen molar-refractivity contribution in [1.29, 1.82) is 0 Å². The molecule has 5 heterocycles. The van der Waals surface area contributed by atoms with E-state index < -0.39 is 0 Å². The summed E-state index contributed by atoms with van der Waals surface area (Å²) < 4.78 is 12.9. The van der Waals surface area contributed by atoms with Gasteiger partial charge in [0.15, 0.2) is 5.76 Å². The fourth-order valence-corrected chi connectivity index (χ4v) is 4.70. The summed E-state index contributed by atoms with van der Waals surface area (Å²) >= 11 is 0. The van der Waals surface area contributed by atoms with Gasteiger partial charge in [-0.2, -0.15) is 0 Å². The summed E-state index contributed by atoms with van der Waals surface area (Å²) in [5.41, 5.74) is 4.46. The summed E-state index contributed by atoms with van der Waals surface area (Å²) in [6.45, 7) is 16.4. The monoisotopic (exact) mass is 558 g/mol. The van der Waals surface area contributed by atoms with Crippen molar-refractivity contribution >= 4 is 17.3 Å². The summed E-state index contributed by atoms with van der Waals surface area (Å²) in [4.78, 5) is 26.6. The summed E-state index contributed by atoms with van der Waals surface area (Å²) in [6.07, 6.45) is 7.16. The van der Waals surface area contributed by atoms with E-state index in [-0.39, 0.29) is 17.1 Å². The van der Waals surface area contributed by atoms with E-state index in [9.17, 15) is 4.79 Å². The van der Waals surface area contributed by atoms with Crippen LogP contribution >= 0.6 is 0 Å². The molecule has 11 nitrogen and oxygen atoms in total. The first-order valence-corrected chi connectivity index (χ1v) is 14.0. The molecule has 11 heteroatoms. The molecule has 0 spiro atoms. The number of piperazine rings is 1. The molecule has 1 aliphatic rings. The summed E-state index contributed by atoms with van der Waals surface area (Å²) in [7, 11) is 0. The molecule has 0 aromatic carbocycles. The Morgan fingerprint density at radius 3 is 2.63 bits per heavy atom. The van der Waals surface area contributed by atoms with E-state index in [1.165, 1.54) is 0 Å². The number of carbonyl (C=O) groups is 1. The van der Waals surface area contributed by atoms with Crippen LogP contribution in [0.1, 0.15) is 49.7 Å². The highest BCUT2D eigenvalue weighted by molar-refractivity contribution is 6.02. The van der Waals surface area contributed by atoms with Gasteiger partial charge in [0.25, 0.3) is 5.91 Å². The maximum Gasteiger partial charge on any atom is 0.291 e. The maximum absolute atomic E-state index is 12.8. The normalized spacial score (nSPS) is 14.4. The number of carbonyl (C=O) groups excluding carboxylic acids is 1. The highest BCUT2D eigenvalue weighted by Gasteiger charge is 2.21. The highest BCUT2D eigenvalue weighted by atomic mass is 16.5. The number of nitrogens with one attached hydrogen (secondary N) is 1. The van der Waals surface area contributed by atoms with Gasteiger partial charge in [0.1, 0.15) is 11.5 Å². The van der Waals surface area contributed by atoms with Crippen molar-refractivity contribution in [2.75, 3.05) is 56.2 Å². The van der Waals surface area contributed by atoms with Crippen LogP contribution in [0, 0.1) is 6.92 Å². The summed E-state index contributed by atoms with van der Waals surface area (Å²) in [5, 5.41) is 11.6. The van der Waals surface area contributed by atoms with Gasteiger partial charge in [0, 0.05) is 56.5 Å². The molecule has 1 aliphatic heterocycles. The van der Waals surface area contributed by atoms with E-state index in [4.69, 9.17) is 9.15 Å². The Labute approximate surface area is 240 Å². The SMILES string of the molecule is CCOCCN1CCN(c2cncc(-c3cn(-c4cc(NC(=O)c5ccc(C(C)(C)C)o5)cnc4C)nn3)c2)CC1. The number of ether oxygens (including phenoxy) is 1. The topological polar surface area (TPSA) is 114 Å². The third kappa shape index (κ3) is 6.80. The molecule has 216 valence electrons. The Bertz CT molecular complexity index is 1480. The van der Waals surface area contributed by atoms with Crippen LogP contribution in [-0.4, -0.2) is 81.7 Å². The van der Waals surface area contributed by atoms with Crippen LogP contribution in [0.25, 0.3) is 16.9 Å². The van der Waals surface area contributed by atoms with Crippen LogP contribution in [0.5, 0.6) is 0 Å². The fraction of sp³-hybridized carbons (Fsp3) is 0.433. The smallest absolute Gasteiger partial charge is 0.291 e. The lowest BCUT2D eigenvalue weighted by molar-refractivity contribution is 0.0993. The van der Waals surface area contributed by atoms with Crippen LogP contribution in [0.3, 0.4) is 0 Å². The van der Waals surface area contributed by atoms with Crippen LogP contribution < -0.4 is 10.2 Å². The summed E-state index contributed by atoms with van der Waals surface area (Å²) in [5.74, 6) is 0.660. The van der Waals surface area contributed by atoms with E-state index in [1.807, 2.05) is 59.1 Å². The molecule has 0 bridgehead atoms. The molecule has 1 fully saturated rings. The van der Waals surface area contributed by atoms with Crippen molar-refractivity contribution in [3.05, 3.63) is 66.3 Å². The lowest BCUT2D eigenvalue weighted by Crippen LogP contribution is -2.47. The zero-order chi connectivity index (χ0) is 29.0. The third-order valence-corrected chi connectivity index (χ3v) is 7.14. The fourth-order valence-electron chi connectivity index (χ4n) is 4.70. The van der Waals surface area contributed by atoms with Gasteiger partial charge in [0.05, 0.1) is 48.0 Å². The Morgan fingerprint density at radius 2 is 1.90 bits per heavy atom. The van der Waals surface area contributed by atoms with E-state index >= 15 is 0 Å². The lowest BCUT2D eigenvalue weighted by Gasteiger charge is -2.35. The van der Waals surface area contributed by atoms with Crippen molar-refractivity contribution in [1.82, 2.24) is 29.9 Å². The van der Waals surface area contributed by atoms with E-state index in [2.05, 4.69) is 41.5 Å². The van der Waals surface area contributed by atoms with Crippen LogP contribution in [-0.2, 0) is 10.2 Å². The van der Waals surface area contributed by atoms with Gasteiger partial charge in [-0.1, -0.05) is 26.0 Å². The molecule has 41 heavy (non-hydrogen) atoms. The number of anilines is 2. The Balaban J connectivity index is 1.27. The minimum atomic E-state index is -0.339. The van der Waals surface area contributed by atoms with Gasteiger partial charge in [-0.3, -0.25) is 19.7 Å². The minimum Gasteiger partial charge on any atom is -0.455 e. The molecule has 4 aromatic rings. The van der Waals surface area contributed by atoms with Gasteiger partial charge in [-0.25, -0.2) is 4.68 Å². The molecule has 0 atom stereocenters. The number of amides is 1. The highest BCUT2D eigenvalue weighted by Crippen LogP contribution is 2.26. The second kappa shape index (κ2) is 12.2. The number of nitrogens with zero attached hydrogens (tertiary/aromatic N) is 7. The maximum atomic E-state index is 12.8. The number of aryl methyl sites for hydroxylation is 1. The second-order valence-corrected chi connectivity index (χ2v) is 11.2. The standard InChI is InChI=1S/C30H38N8O3/c1-6-40-14-13-36-9-11-37(12-10-36)24-15-22(17-31-19-24)25-20-38(35-34-25)26-16-23(18-32-21(26)2)33-29(39)27-7-8-28(41-27)30(3,4)5/h7-8,15-20H,6,9-14H2,1-5H3,(H,33,39). The van der Waals surface area contributed by atoms with Crippen molar-refractivity contribution in [2.24, 2.45) is 0 Å². The predicted molar refractivity (Wildman–Crippen MR) is 158 cm³/mol. The largest absolute Gasteiger partial charge is 0.455 e. The molecule has 1 saturated heterocycles. The zero-order valence-electron chi connectivity index (χ0n) is 24.4. The van der Waals surface area contributed by atoms with E-state index in [0.717, 1.165) is 68.6 Å². The predicted octanol–water partition coefficient (Wildman–Crippen LogP) is 4.33. The molecule has 0 saturated carbocycles. The first-order chi connectivity index (χ1) is 19.7. The first-order valence-electron chi connectivity index (χ1n) is 14.0. The third-order valence-electron chi connectivity index (χ3n) is 7.14. The van der Waals surface area contributed by atoms with Crippen molar-refractivity contribution in [2.45, 2.75) is 40.0 Å². The lowest BCUT2D eigenvalue weighted by atomic mass is 9.94. The molecule has 4 aromatic heterocycles. The summed E-state index contributed by atoms with van der Waals surface area (Å²) in [6, 6.07) is 7.45.